The lowest BCUT2D eigenvalue weighted by Gasteiger charge is -2.03. The maximum Gasteiger partial charge on any atom is 0.394 e. The van der Waals surface area contributed by atoms with Crippen molar-refractivity contribution in [3.8, 4) is 0 Å². The van der Waals surface area contributed by atoms with Gasteiger partial charge in [-0.3, -0.25) is 9.11 Å². The van der Waals surface area contributed by atoms with Gasteiger partial charge < -0.3 is 10.4 Å². The molecule has 0 unspecified atom stereocenters. The molecular weight excluding hydrogens is 294 g/mol. The van der Waals surface area contributed by atoms with Crippen LogP contribution in [0.25, 0.3) is 0 Å². The quantitative estimate of drug-likeness (QED) is 0.306. The molecule has 0 fully saturated rings. The zero-order valence-corrected chi connectivity index (χ0v) is 14.1. The summed E-state index contributed by atoms with van der Waals surface area (Å²) < 4.78 is 31.6. The molecule has 0 bridgehead atoms. The van der Waals surface area contributed by atoms with Gasteiger partial charge in [0.2, 0.25) is 0 Å². The van der Waals surface area contributed by atoms with Gasteiger partial charge in [-0.1, -0.05) is 64.7 Å². The van der Waals surface area contributed by atoms with E-state index in [2.05, 4.69) is 12.2 Å². The lowest BCUT2D eigenvalue weighted by molar-refractivity contribution is 0.292. The number of hydrogen-bond donors (Lipinski definition) is 4. The summed E-state index contributed by atoms with van der Waals surface area (Å²) in [6, 6.07) is 0. The van der Waals surface area contributed by atoms with E-state index in [1.54, 1.807) is 0 Å². The molecule has 6 nitrogen and oxygen atoms in total. The first-order valence-electron chi connectivity index (χ1n) is 7.93. The Morgan fingerprint density at radius 3 is 1.52 bits per heavy atom. The van der Waals surface area contributed by atoms with Gasteiger partial charge in [-0.25, -0.2) is 0 Å². The minimum atomic E-state index is -4.67. The third-order valence-corrected chi connectivity index (χ3v) is 3.00. The van der Waals surface area contributed by atoms with Crippen molar-refractivity contribution in [2.24, 2.45) is 0 Å². The SMILES string of the molecule is CCCCCCCCCCCCNCCO.O=S(=O)(O)O. The first-order valence-corrected chi connectivity index (χ1v) is 9.33. The maximum atomic E-state index is 8.74. The zero-order chi connectivity index (χ0) is 16.4. The van der Waals surface area contributed by atoms with Gasteiger partial charge >= 0.3 is 10.4 Å². The lowest BCUT2D eigenvalue weighted by Crippen LogP contribution is -2.19. The van der Waals surface area contributed by atoms with Crippen LogP contribution in [-0.4, -0.2) is 42.3 Å². The molecule has 0 aromatic heterocycles. The van der Waals surface area contributed by atoms with E-state index in [0.717, 1.165) is 13.1 Å². The Hall–Kier alpha value is -0.210. The van der Waals surface area contributed by atoms with Crippen LogP contribution in [-0.2, 0) is 10.4 Å². The molecule has 0 aromatic carbocycles. The smallest absolute Gasteiger partial charge is 0.394 e. The maximum absolute atomic E-state index is 8.74. The average molecular weight is 327 g/mol. The monoisotopic (exact) mass is 327 g/mol. The van der Waals surface area contributed by atoms with Crippen molar-refractivity contribution < 1.29 is 22.6 Å². The topological polar surface area (TPSA) is 107 Å². The Bertz CT molecular complexity index is 261. The summed E-state index contributed by atoms with van der Waals surface area (Å²) in [5.41, 5.74) is 0. The summed E-state index contributed by atoms with van der Waals surface area (Å²) >= 11 is 0. The van der Waals surface area contributed by atoms with Gasteiger partial charge in [0.1, 0.15) is 0 Å². The first kappa shape index (κ1) is 23.1. The van der Waals surface area contributed by atoms with Crippen molar-refractivity contribution in [1.82, 2.24) is 5.32 Å². The van der Waals surface area contributed by atoms with E-state index in [1.165, 1.54) is 64.2 Å². The Labute approximate surface area is 129 Å². The highest BCUT2D eigenvalue weighted by Crippen LogP contribution is 2.10. The van der Waals surface area contributed by atoms with Crippen LogP contribution in [0.15, 0.2) is 0 Å². The van der Waals surface area contributed by atoms with Crippen LogP contribution in [0.4, 0.5) is 0 Å². The van der Waals surface area contributed by atoms with Gasteiger partial charge in [0.05, 0.1) is 6.61 Å². The van der Waals surface area contributed by atoms with Gasteiger partial charge in [-0.15, -0.1) is 0 Å². The van der Waals surface area contributed by atoms with Gasteiger partial charge in [-0.05, 0) is 13.0 Å². The molecule has 0 aliphatic heterocycles. The minimum absolute atomic E-state index is 0.262. The highest BCUT2D eigenvalue weighted by Gasteiger charge is 1.92. The van der Waals surface area contributed by atoms with Crippen LogP contribution in [0.5, 0.6) is 0 Å². The zero-order valence-electron chi connectivity index (χ0n) is 13.3. The summed E-state index contributed by atoms with van der Waals surface area (Å²) in [4.78, 5) is 0. The summed E-state index contributed by atoms with van der Waals surface area (Å²) in [5.74, 6) is 0. The molecule has 0 heterocycles. The van der Waals surface area contributed by atoms with E-state index in [1.807, 2.05) is 0 Å². The molecule has 0 amide bonds. The Kier molecular flexibility index (Phi) is 19.6. The fourth-order valence-corrected chi connectivity index (χ4v) is 1.94. The Morgan fingerprint density at radius 1 is 0.762 bits per heavy atom. The van der Waals surface area contributed by atoms with E-state index in [9.17, 15) is 0 Å². The summed E-state index contributed by atoms with van der Waals surface area (Å²) in [7, 11) is -4.67. The lowest BCUT2D eigenvalue weighted by atomic mass is 10.1. The Balaban J connectivity index is 0. The van der Waals surface area contributed by atoms with Crippen molar-refractivity contribution >= 4 is 10.4 Å². The number of aliphatic hydroxyl groups excluding tert-OH is 1. The number of rotatable bonds is 13. The molecule has 0 radical (unpaired) electrons. The Morgan fingerprint density at radius 2 is 1.14 bits per heavy atom. The second-order valence-electron chi connectivity index (χ2n) is 5.10. The molecular formula is C14H33NO5S. The largest absolute Gasteiger partial charge is 0.395 e. The van der Waals surface area contributed by atoms with Crippen molar-refractivity contribution in [2.45, 2.75) is 71.1 Å². The second kappa shape index (κ2) is 17.8. The minimum Gasteiger partial charge on any atom is -0.395 e. The van der Waals surface area contributed by atoms with Gasteiger partial charge in [-0.2, -0.15) is 8.42 Å². The van der Waals surface area contributed by atoms with Crippen LogP contribution in [0, 0.1) is 0 Å². The van der Waals surface area contributed by atoms with E-state index in [-0.39, 0.29) is 6.61 Å². The van der Waals surface area contributed by atoms with Crippen LogP contribution < -0.4 is 5.32 Å². The highest BCUT2D eigenvalue weighted by molar-refractivity contribution is 7.79. The summed E-state index contributed by atoms with van der Waals surface area (Å²) in [6.07, 6.45) is 13.9. The molecule has 0 saturated carbocycles. The molecule has 130 valence electrons. The standard InChI is InChI=1S/C14H31NO.H2O4S/c1-2-3-4-5-6-7-8-9-10-11-12-15-13-14-16;1-5(2,3)4/h15-16H,2-14H2,1H3;(H2,1,2,3,4). The van der Waals surface area contributed by atoms with Crippen molar-refractivity contribution in [3.63, 3.8) is 0 Å². The average Bonchev–Trinajstić information content (AvgIpc) is 2.38. The second-order valence-corrected chi connectivity index (χ2v) is 6.00. The molecule has 0 aromatic rings. The molecule has 0 aliphatic carbocycles. The normalized spacial score (nSPS) is 11.0. The van der Waals surface area contributed by atoms with E-state index in [4.69, 9.17) is 22.6 Å². The molecule has 4 N–H and O–H groups in total. The van der Waals surface area contributed by atoms with Crippen LogP contribution in [0.3, 0.4) is 0 Å². The molecule has 0 saturated heterocycles. The van der Waals surface area contributed by atoms with Crippen LogP contribution >= 0.6 is 0 Å². The van der Waals surface area contributed by atoms with E-state index >= 15 is 0 Å². The van der Waals surface area contributed by atoms with Crippen molar-refractivity contribution in [2.75, 3.05) is 19.7 Å². The third-order valence-electron chi connectivity index (χ3n) is 3.00. The van der Waals surface area contributed by atoms with Gasteiger partial charge in [0, 0.05) is 6.54 Å². The molecule has 0 aliphatic rings. The number of unbranched alkanes of at least 4 members (excludes halogenated alkanes) is 9. The van der Waals surface area contributed by atoms with E-state index < -0.39 is 10.4 Å². The molecule has 0 atom stereocenters. The van der Waals surface area contributed by atoms with Crippen LogP contribution in [0.2, 0.25) is 0 Å². The van der Waals surface area contributed by atoms with Crippen molar-refractivity contribution in [1.29, 1.82) is 0 Å². The number of hydrogen-bond acceptors (Lipinski definition) is 4. The molecule has 7 heteroatoms. The summed E-state index contributed by atoms with van der Waals surface area (Å²) in [5, 5.41) is 11.8. The molecule has 0 spiro atoms. The number of aliphatic hydroxyl groups is 1. The first-order chi connectivity index (χ1) is 9.91. The molecule has 0 rings (SSSR count). The fraction of sp³-hybridized carbons (Fsp3) is 1.00. The fourth-order valence-electron chi connectivity index (χ4n) is 1.94. The van der Waals surface area contributed by atoms with Crippen molar-refractivity contribution in [3.05, 3.63) is 0 Å². The molecule has 21 heavy (non-hydrogen) atoms. The third kappa shape index (κ3) is 38.3. The number of nitrogens with one attached hydrogen (secondary N) is 1. The predicted octanol–water partition coefficient (Wildman–Crippen LogP) is 2.84. The van der Waals surface area contributed by atoms with Crippen LogP contribution in [0.1, 0.15) is 71.1 Å². The van der Waals surface area contributed by atoms with E-state index in [0.29, 0.717) is 0 Å². The predicted molar refractivity (Wildman–Crippen MR) is 86.0 cm³/mol. The van der Waals surface area contributed by atoms with Gasteiger partial charge in [0.15, 0.2) is 0 Å². The summed E-state index contributed by atoms with van der Waals surface area (Å²) in [6.45, 7) is 4.34. The van der Waals surface area contributed by atoms with Gasteiger partial charge in [0.25, 0.3) is 0 Å². The highest BCUT2D eigenvalue weighted by atomic mass is 32.3.